The SMILES string of the molecule is Cc1ccc(C(=O)NC(C(=O)N(C)CCO)C(C)C)cc1. The Morgan fingerprint density at radius 1 is 1.24 bits per heavy atom. The van der Waals surface area contributed by atoms with Gasteiger partial charge in [-0.25, -0.2) is 0 Å². The highest BCUT2D eigenvalue weighted by atomic mass is 16.3. The Balaban J connectivity index is 2.81. The number of aliphatic hydroxyl groups is 1. The molecule has 1 atom stereocenters. The summed E-state index contributed by atoms with van der Waals surface area (Å²) in [5, 5.41) is 11.7. The molecule has 1 unspecified atom stereocenters. The molecule has 0 aliphatic heterocycles. The first-order valence-corrected chi connectivity index (χ1v) is 7.10. The lowest BCUT2D eigenvalue weighted by Crippen LogP contribution is -2.50. The van der Waals surface area contributed by atoms with E-state index in [4.69, 9.17) is 5.11 Å². The van der Waals surface area contributed by atoms with Crippen molar-refractivity contribution in [1.82, 2.24) is 10.2 Å². The van der Waals surface area contributed by atoms with Crippen LogP contribution >= 0.6 is 0 Å². The summed E-state index contributed by atoms with van der Waals surface area (Å²) in [6, 6.07) is 6.60. The molecule has 21 heavy (non-hydrogen) atoms. The van der Waals surface area contributed by atoms with E-state index in [0.29, 0.717) is 5.56 Å². The van der Waals surface area contributed by atoms with Gasteiger partial charge in [-0.3, -0.25) is 9.59 Å². The third-order valence-corrected chi connectivity index (χ3v) is 3.34. The molecule has 5 heteroatoms. The van der Waals surface area contributed by atoms with E-state index >= 15 is 0 Å². The number of carbonyl (C=O) groups excluding carboxylic acids is 2. The summed E-state index contributed by atoms with van der Waals surface area (Å²) in [5.74, 6) is -0.494. The molecule has 116 valence electrons. The van der Waals surface area contributed by atoms with Gasteiger partial charge >= 0.3 is 0 Å². The second kappa shape index (κ2) is 7.78. The largest absolute Gasteiger partial charge is 0.395 e. The number of aliphatic hydroxyl groups excluding tert-OH is 1. The minimum Gasteiger partial charge on any atom is -0.395 e. The van der Waals surface area contributed by atoms with Crippen molar-refractivity contribution in [1.29, 1.82) is 0 Å². The lowest BCUT2D eigenvalue weighted by atomic mass is 10.0. The molecule has 0 fully saturated rings. The third-order valence-electron chi connectivity index (χ3n) is 3.34. The average Bonchev–Trinajstić information content (AvgIpc) is 2.44. The molecule has 0 aliphatic rings. The molecule has 0 aliphatic carbocycles. The van der Waals surface area contributed by atoms with Crippen LogP contribution in [0.25, 0.3) is 0 Å². The van der Waals surface area contributed by atoms with Gasteiger partial charge in [0.25, 0.3) is 5.91 Å². The van der Waals surface area contributed by atoms with E-state index in [0.717, 1.165) is 5.56 Å². The number of amides is 2. The zero-order valence-electron chi connectivity index (χ0n) is 13.1. The van der Waals surface area contributed by atoms with Crippen molar-refractivity contribution >= 4 is 11.8 Å². The number of hydrogen-bond donors (Lipinski definition) is 2. The number of likely N-dealkylation sites (N-methyl/N-ethyl adjacent to an activating group) is 1. The van der Waals surface area contributed by atoms with Crippen LogP contribution in [0.15, 0.2) is 24.3 Å². The number of aryl methyl sites for hydroxylation is 1. The quantitative estimate of drug-likeness (QED) is 0.828. The first-order chi connectivity index (χ1) is 9.86. The molecule has 0 saturated carbocycles. The number of hydrogen-bond acceptors (Lipinski definition) is 3. The zero-order chi connectivity index (χ0) is 16.0. The second-order valence-corrected chi connectivity index (χ2v) is 5.54. The zero-order valence-corrected chi connectivity index (χ0v) is 13.1. The monoisotopic (exact) mass is 292 g/mol. The predicted octanol–water partition coefficient (Wildman–Crippen LogP) is 1.20. The molecule has 0 spiro atoms. The highest BCUT2D eigenvalue weighted by molar-refractivity contribution is 5.97. The summed E-state index contributed by atoms with van der Waals surface area (Å²) < 4.78 is 0. The van der Waals surface area contributed by atoms with Crippen LogP contribution in [-0.4, -0.2) is 48.1 Å². The lowest BCUT2D eigenvalue weighted by Gasteiger charge is -2.26. The van der Waals surface area contributed by atoms with Gasteiger partial charge in [0, 0.05) is 19.2 Å². The molecule has 1 rings (SSSR count). The van der Waals surface area contributed by atoms with E-state index in [2.05, 4.69) is 5.32 Å². The van der Waals surface area contributed by atoms with Crippen LogP contribution in [0.2, 0.25) is 0 Å². The fourth-order valence-electron chi connectivity index (χ4n) is 1.94. The van der Waals surface area contributed by atoms with Crippen LogP contribution in [0, 0.1) is 12.8 Å². The molecule has 0 heterocycles. The van der Waals surface area contributed by atoms with E-state index in [1.54, 1.807) is 19.2 Å². The summed E-state index contributed by atoms with van der Waals surface area (Å²) in [5.41, 5.74) is 1.61. The molecule has 1 aromatic carbocycles. The number of carbonyl (C=O) groups is 2. The lowest BCUT2D eigenvalue weighted by molar-refractivity contribution is -0.133. The molecule has 0 aromatic heterocycles. The maximum absolute atomic E-state index is 12.3. The minimum absolute atomic E-state index is 0.0342. The number of rotatable bonds is 6. The van der Waals surface area contributed by atoms with Gasteiger partial charge in [0.1, 0.15) is 6.04 Å². The van der Waals surface area contributed by atoms with Crippen LogP contribution in [0.3, 0.4) is 0 Å². The highest BCUT2D eigenvalue weighted by Gasteiger charge is 2.27. The Hall–Kier alpha value is -1.88. The molecule has 0 saturated heterocycles. The van der Waals surface area contributed by atoms with Gasteiger partial charge in [0.05, 0.1) is 6.61 Å². The Morgan fingerprint density at radius 3 is 2.29 bits per heavy atom. The number of nitrogens with zero attached hydrogens (tertiary/aromatic N) is 1. The molecule has 0 radical (unpaired) electrons. The molecule has 2 amide bonds. The van der Waals surface area contributed by atoms with Gasteiger partial charge in [0.15, 0.2) is 0 Å². The average molecular weight is 292 g/mol. The first kappa shape index (κ1) is 17.2. The Kier molecular flexibility index (Phi) is 6.37. The van der Waals surface area contributed by atoms with Crippen LogP contribution in [0.5, 0.6) is 0 Å². The maximum Gasteiger partial charge on any atom is 0.251 e. The summed E-state index contributed by atoms with van der Waals surface area (Å²) >= 11 is 0. The van der Waals surface area contributed by atoms with Crippen molar-refractivity contribution < 1.29 is 14.7 Å². The third kappa shape index (κ3) is 4.86. The van der Waals surface area contributed by atoms with Crippen molar-refractivity contribution in [2.45, 2.75) is 26.8 Å². The first-order valence-electron chi connectivity index (χ1n) is 7.10. The standard InChI is InChI=1S/C16H24N2O3/c1-11(2)14(16(21)18(4)9-10-19)17-15(20)13-7-5-12(3)6-8-13/h5-8,11,14,19H,9-10H2,1-4H3,(H,17,20). The molecular weight excluding hydrogens is 268 g/mol. The fourth-order valence-corrected chi connectivity index (χ4v) is 1.94. The molecule has 2 N–H and O–H groups in total. The topological polar surface area (TPSA) is 69.6 Å². The van der Waals surface area contributed by atoms with E-state index in [1.165, 1.54) is 4.90 Å². The number of benzene rings is 1. The van der Waals surface area contributed by atoms with Gasteiger partial charge in [-0.15, -0.1) is 0 Å². The number of nitrogens with one attached hydrogen (secondary N) is 1. The van der Waals surface area contributed by atoms with Crippen LogP contribution in [-0.2, 0) is 4.79 Å². The van der Waals surface area contributed by atoms with Crippen molar-refractivity contribution in [2.75, 3.05) is 20.2 Å². The van der Waals surface area contributed by atoms with Crippen molar-refractivity contribution in [3.05, 3.63) is 35.4 Å². The van der Waals surface area contributed by atoms with E-state index in [-0.39, 0.29) is 30.9 Å². The van der Waals surface area contributed by atoms with E-state index in [1.807, 2.05) is 32.9 Å². The highest BCUT2D eigenvalue weighted by Crippen LogP contribution is 2.08. The Bertz CT molecular complexity index is 483. The Morgan fingerprint density at radius 2 is 1.81 bits per heavy atom. The van der Waals surface area contributed by atoms with Crippen LogP contribution in [0.1, 0.15) is 29.8 Å². The van der Waals surface area contributed by atoms with Gasteiger partial charge in [0.2, 0.25) is 5.91 Å². The fraction of sp³-hybridized carbons (Fsp3) is 0.500. The predicted molar refractivity (Wildman–Crippen MR) is 82.0 cm³/mol. The smallest absolute Gasteiger partial charge is 0.251 e. The van der Waals surface area contributed by atoms with Crippen molar-refractivity contribution in [3.63, 3.8) is 0 Å². The van der Waals surface area contributed by atoms with E-state index in [9.17, 15) is 9.59 Å². The van der Waals surface area contributed by atoms with Gasteiger partial charge in [-0.1, -0.05) is 31.5 Å². The molecule has 0 bridgehead atoms. The van der Waals surface area contributed by atoms with Crippen LogP contribution in [0.4, 0.5) is 0 Å². The Labute approximate surface area is 126 Å². The van der Waals surface area contributed by atoms with E-state index < -0.39 is 6.04 Å². The molecule has 5 nitrogen and oxygen atoms in total. The van der Waals surface area contributed by atoms with Crippen molar-refractivity contribution in [3.8, 4) is 0 Å². The summed E-state index contributed by atoms with van der Waals surface area (Å²) in [6.45, 7) is 5.86. The van der Waals surface area contributed by atoms with Gasteiger partial charge in [-0.05, 0) is 25.0 Å². The summed E-state index contributed by atoms with van der Waals surface area (Å²) in [4.78, 5) is 26.0. The normalized spacial score (nSPS) is 12.1. The summed E-state index contributed by atoms with van der Waals surface area (Å²) in [6.07, 6.45) is 0. The van der Waals surface area contributed by atoms with Gasteiger partial charge < -0.3 is 15.3 Å². The van der Waals surface area contributed by atoms with Crippen molar-refractivity contribution in [2.24, 2.45) is 5.92 Å². The van der Waals surface area contributed by atoms with Crippen LogP contribution < -0.4 is 5.32 Å². The maximum atomic E-state index is 12.3. The second-order valence-electron chi connectivity index (χ2n) is 5.54. The minimum atomic E-state index is -0.602. The molecule has 1 aromatic rings. The molecular formula is C16H24N2O3. The van der Waals surface area contributed by atoms with Gasteiger partial charge in [-0.2, -0.15) is 0 Å². The summed E-state index contributed by atoms with van der Waals surface area (Å²) in [7, 11) is 1.62.